The summed E-state index contributed by atoms with van der Waals surface area (Å²) in [5, 5.41) is 4.14. The third-order valence-electron chi connectivity index (χ3n) is 2.90. The van der Waals surface area contributed by atoms with Gasteiger partial charge < -0.3 is 15.0 Å². The molecule has 18 heavy (non-hydrogen) atoms. The standard InChI is InChI=1S/C14H23ClN2O/c1-4-16-11-12-6-7-13(15)10-14(12)17(5-2)8-9-18-3/h6-7,10,16H,4-5,8-9,11H2,1-3H3. The van der Waals surface area contributed by atoms with Crippen LogP contribution < -0.4 is 10.2 Å². The van der Waals surface area contributed by atoms with E-state index in [0.717, 1.165) is 37.8 Å². The van der Waals surface area contributed by atoms with Crippen molar-refractivity contribution in [1.29, 1.82) is 0 Å². The number of nitrogens with one attached hydrogen (secondary N) is 1. The molecule has 4 heteroatoms. The molecule has 0 aliphatic rings. The van der Waals surface area contributed by atoms with E-state index < -0.39 is 0 Å². The number of nitrogens with zero attached hydrogens (tertiary/aromatic N) is 1. The fourth-order valence-electron chi connectivity index (χ4n) is 1.89. The molecule has 0 bridgehead atoms. The van der Waals surface area contributed by atoms with Crippen LogP contribution >= 0.6 is 11.6 Å². The molecule has 1 rings (SSSR count). The van der Waals surface area contributed by atoms with Crippen LogP contribution in [0.4, 0.5) is 5.69 Å². The molecule has 0 fully saturated rings. The Morgan fingerprint density at radius 2 is 2.11 bits per heavy atom. The van der Waals surface area contributed by atoms with Crippen molar-refractivity contribution in [1.82, 2.24) is 5.32 Å². The SMILES string of the molecule is CCNCc1ccc(Cl)cc1N(CC)CCOC. The summed E-state index contributed by atoms with van der Waals surface area (Å²) >= 11 is 6.11. The second-order valence-corrected chi connectivity index (χ2v) is 4.56. The molecule has 0 unspecified atom stereocenters. The molecule has 3 nitrogen and oxygen atoms in total. The minimum atomic E-state index is 0.723. The maximum absolute atomic E-state index is 6.11. The van der Waals surface area contributed by atoms with Crippen molar-refractivity contribution in [2.75, 3.05) is 38.3 Å². The third kappa shape index (κ3) is 4.48. The second-order valence-electron chi connectivity index (χ2n) is 4.13. The van der Waals surface area contributed by atoms with Gasteiger partial charge in [0.2, 0.25) is 0 Å². The molecule has 0 aliphatic heterocycles. The van der Waals surface area contributed by atoms with Crippen LogP contribution in [0.3, 0.4) is 0 Å². The lowest BCUT2D eigenvalue weighted by atomic mass is 10.1. The molecule has 1 aromatic rings. The molecule has 0 saturated carbocycles. The van der Waals surface area contributed by atoms with Crippen molar-refractivity contribution in [2.24, 2.45) is 0 Å². The highest BCUT2D eigenvalue weighted by Crippen LogP contribution is 2.24. The van der Waals surface area contributed by atoms with Crippen molar-refractivity contribution < 1.29 is 4.74 Å². The number of rotatable bonds is 8. The van der Waals surface area contributed by atoms with E-state index in [0.29, 0.717) is 0 Å². The zero-order chi connectivity index (χ0) is 13.4. The fourth-order valence-corrected chi connectivity index (χ4v) is 2.06. The van der Waals surface area contributed by atoms with E-state index in [1.54, 1.807) is 7.11 Å². The minimum Gasteiger partial charge on any atom is -0.383 e. The molecule has 0 atom stereocenters. The van der Waals surface area contributed by atoms with Crippen LogP contribution in [-0.4, -0.2) is 33.4 Å². The van der Waals surface area contributed by atoms with E-state index >= 15 is 0 Å². The van der Waals surface area contributed by atoms with E-state index in [4.69, 9.17) is 16.3 Å². The molecule has 0 aliphatic carbocycles. The third-order valence-corrected chi connectivity index (χ3v) is 3.14. The van der Waals surface area contributed by atoms with Gasteiger partial charge in [0.15, 0.2) is 0 Å². The van der Waals surface area contributed by atoms with Crippen molar-refractivity contribution >= 4 is 17.3 Å². The average molecular weight is 271 g/mol. The Morgan fingerprint density at radius 3 is 2.72 bits per heavy atom. The first kappa shape index (κ1) is 15.3. The number of benzene rings is 1. The van der Waals surface area contributed by atoms with Crippen LogP contribution in [0.25, 0.3) is 0 Å². The van der Waals surface area contributed by atoms with Gasteiger partial charge in [-0.15, -0.1) is 0 Å². The van der Waals surface area contributed by atoms with E-state index in [9.17, 15) is 0 Å². The van der Waals surface area contributed by atoms with Crippen LogP contribution in [0.5, 0.6) is 0 Å². The largest absolute Gasteiger partial charge is 0.383 e. The molecule has 102 valence electrons. The molecular formula is C14H23ClN2O. The van der Waals surface area contributed by atoms with Crippen LogP contribution in [-0.2, 0) is 11.3 Å². The highest BCUT2D eigenvalue weighted by molar-refractivity contribution is 6.30. The summed E-state index contributed by atoms with van der Waals surface area (Å²) in [6.45, 7) is 8.64. The van der Waals surface area contributed by atoms with E-state index in [1.807, 2.05) is 12.1 Å². The summed E-state index contributed by atoms with van der Waals surface area (Å²) in [6.07, 6.45) is 0. The van der Waals surface area contributed by atoms with Crippen molar-refractivity contribution in [3.63, 3.8) is 0 Å². The molecule has 0 radical (unpaired) electrons. The normalized spacial score (nSPS) is 10.7. The van der Waals surface area contributed by atoms with Crippen LogP contribution in [0.2, 0.25) is 5.02 Å². The molecule has 0 amide bonds. The first-order valence-corrected chi connectivity index (χ1v) is 6.83. The monoisotopic (exact) mass is 270 g/mol. The average Bonchev–Trinajstić information content (AvgIpc) is 2.38. The summed E-state index contributed by atoms with van der Waals surface area (Å²) < 4.78 is 5.16. The molecule has 1 N–H and O–H groups in total. The number of ether oxygens (including phenoxy) is 1. The van der Waals surface area contributed by atoms with Gasteiger partial charge in [0, 0.05) is 37.5 Å². The highest BCUT2D eigenvalue weighted by atomic mass is 35.5. The van der Waals surface area contributed by atoms with Crippen molar-refractivity contribution in [3.8, 4) is 0 Å². The van der Waals surface area contributed by atoms with Gasteiger partial charge in [0.1, 0.15) is 0 Å². The van der Waals surface area contributed by atoms with Crippen LogP contribution in [0.15, 0.2) is 18.2 Å². The minimum absolute atomic E-state index is 0.723. The Balaban J connectivity index is 2.90. The summed E-state index contributed by atoms with van der Waals surface area (Å²) in [4.78, 5) is 2.29. The Hall–Kier alpha value is -0.770. The Labute approximate surface area is 115 Å². The molecule has 1 aromatic carbocycles. The predicted molar refractivity (Wildman–Crippen MR) is 78.6 cm³/mol. The molecule has 0 aromatic heterocycles. The summed E-state index contributed by atoms with van der Waals surface area (Å²) in [5.41, 5.74) is 2.47. The molecular weight excluding hydrogens is 248 g/mol. The van der Waals surface area contributed by atoms with E-state index in [1.165, 1.54) is 11.3 Å². The number of hydrogen-bond donors (Lipinski definition) is 1. The summed E-state index contributed by atoms with van der Waals surface area (Å²) in [5.74, 6) is 0. The van der Waals surface area contributed by atoms with Gasteiger partial charge in [-0.05, 0) is 31.2 Å². The fraction of sp³-hybridized carbons (Fsp3) is 0.571. The quantitative estimate of drug-likeness (QED) is 0.786. The zero-order valence-electron chi connectivity index (χ0n) is 11.5. The lowest BCUT2D eigenvalue weighted by molar-refractivity contribution is 0.205. The predicted octanol–water partition coefficient (Wildman–Crippen LogP) is 2.92. The van der Waals surface area contributed by atoms with Gasteiger partial charge in [-0.3, -0.25) is 0 Å². The van der Waals surface area contributed by atoms with Gasteiger partial charge in [-0.25, -0.2) is 0 Å². The topological polar surface area (TPSA) is 24.5 Å². The first-order chi connectivity index (χ1) is 8.72. The maximum atomic E-state index is 6.11. The number of anilines is 1. The summed E-state index contributed by atoms with van der Waals surface area (Å²) in [6, 6.07) is 6.07. The lowest BCUT2D eigenvalue weighted by Gasteiger charge is -2.26. The second kappa shape index (κ2) is 8.35. The Morgan fingerprint density at radius 1 is 1.33 bits per heavy atom. The van der Waals surface area contributed by atoms with Crippen molar-refractivity contribution in [2.45, 2.75) is 20.4 Å². The lowest BCUT2D eigenvalue weighted by Crippen LogP contribution is -2.28. The molecule has 0 saturated heterocycles. The number of likely N-dealkylation sites (N-methyl/N-ethyl adjacent to an activating group) is 1. The molecule has 0 spiro atoms. The number of hydrogen-bond acceptors (Lipinski definition) is 3. The van der Waals surface area contributed by atoms with Gasteiger partial charge in [0.05, 0.1) is 6.61 Å². The van der Waals surface area contributed by atoms with Crippen LogP contribution in [0, 0.1) is 0 Å². The van der Waals surface area contributed by atoms with Gasteiger partial charge in [-0.1, -0.05) is 24.6 Å². The van der Waals surface area contributed by atoms with Gasteiger partial charge in [0.25, 0.3) is 0 Å². The zero-order valence-corrected chi connectivity index (χ0v) is 12.3. The number of halogens is 1. The van der Waals surface area contributed by atoms with E-state index in [-0.39, 0.29) is 0 Å². The molecule has 0 heterocycles. The van der Waals surface area contributed by atoms with Gasteiger partial charge >= 0.3 is 0 Å². The van der Waals surface area contributed by atoms with Crippen LogP contribution in [0.1, 0.15) is 19.4 Å². The van der Waals surface area contributed by atoms with E-state index in [2.05, 4.69) is 30.1 Å². The smallest absolute Gasteiger partial charge is 0.0637 e. The van der Waals surface area contributed by atoms with Gasteiger partial charge in [-0.2, -0.15) is 0 Å². The summed E-state index contributed by atoms with van der Waals surface area (Å²) in [7, 11) is 1.73. The van der Waals surface area contributed by atoms with Crippen molar-refractivity contribution in [3.05, 3.63) is 28.8 Å². The Bertz CT molecular complexity index is 358. The highest BCUT2D eigenvalue weighted by Gasteiger charge is 2.10. The first-order valence-electron chi connectivity index (χ1n) is 6.45. The number of methoxy groups -OCH3 is 1. The Kier molecular flexibility index (Phi) is 7.09. The maximum Gasteiger partial charge on any atom is 0.0637 e.